The van der Waals surface area contributed by atoms with Gasteiger partial charge in [-0.15, -0.1) is 0 Å². The van der Waals surface area contributed by atoms with Crippen molar-refractivity contribution in [2.24, 2.45) is 5.41 Å². The Bertz CT molecular complexity index is 627. The van der Waals surface area contributed by atoms with Gasteiger partial charge >= 0.3 is 0 Å². The van der Waals surface area contributed by atoms with E-state index in [1.807, 2.05) is 6.07 Å². The lowest BCUT2D eigenvalue weighted by atomic mass is 9.76. The Labute approximate surface area is 146 Å². The first-order chi connectivity index (χ1) is 11.7. The van der Waals surface area contributed by atoms with E-state index in [1.54, 1.807) is 0 Å². The summed E-state index contributed by atoms with van der Waals surface area (Å²) in [4.78, 5) is 0. The molecule has 130 valence electrons. The predicted molar refractivity (Wildman–Crippen MR) is 98.2 cm³/mol. The van der Waals surface area contributed by atoms with Crippen molar-refractivity contribution in [3.63, 3.8) is 0 Å². The predicted octanol–water partition coefficient (Wildman–Crippen LogP) is 5.39. The summed E-state index contributed by atoms with van der Waals surface area (Å²) >= 11 is 0. The average Bonchev–Trinajstić information content (AvgIpc) is 2.96. The van der Waals surface area contributed by atoms with Crippen LogP contribution in [0.5, 0.6) is 5.88 Å². The Morgan fingerprint density at radius 1 is 1.12 bits per heavy atom. The number of benzene rings is 1. The van der Waals surface area contributed by atoms with Crippen molar-refractivity contribution >= 4 is 0 Å². The fraction of sp³-hybridized carbons (Fsp3) is 0.571. The minimum atomic E-state index is 0.360. The van der Waals surface area contributed by atoms with Gasteiger partial charge < -0.3 is 4.74 Å². The molecular formula is C21H30N2O. The summed E-state index contributed by atoms with van der Waals surface area (Å²) in [6, 6.07) is 12.5. The number of hydrogen-bond acceptors (Lipinski definition) is 2. The van der Waals surface area contributed by atoms with Crippen LogP contribution in [0.2, 0.25) is 0 Å². The van der Waals surface area contributed by atoms with Gasteiger partial charge in [0.15, 0.2) is 0 Å². The summed E-state index contributed by atoms with van der Waals surface area (Å²) in [6.45, 7) is 6.19. The molecule has 1 fully saturated rings. The molecule has 0 spiro atoms. The smallest absolute Gasteiger partial charge is 0.212 e. The Balaban J connectivity index is 1.73. The summed E-state index contributed by atoms with van der Waals surface area (Å²) in [5.41, 5.74) is 2.71. The van der Waals surface area contributed by atoms with Crippen LogP contribution < -0.4 is 4.74 Å². The highest BCUT2D eigenvalue weighted by Crippen LogP contribution is 2.38. The van der Waals surface area contributed by atoms with Gasteiger partial charge in [-0.25, -0.2) is 4.68 Å². The molecule has 1 heterocycles. The van der Waals surface area contributed by atoms with E-state index in [9.17, 15) is 0 Å². The van der Waals surface area contributed by atoms with Crippen LogP contribution in [0.4, 0.5) is 0 Å². The molecule has 0 amide bonds. The maximum absolute atomic E-state index is 6.14. The number of aromatic nitrogens is 2. The molecule has 3 nitrogen and oxygen atoms in total. The first-order valence-electron chi connectivity index (χ1n) is 9.42. The third kappa shape index (κ3) is 4.40. The minimum Gasteiger partial charge on any atom is -0.473 e. The van der Waals surface area contributed by atoms with Crippen molar-refractivity contribution in [1.29, 1.82) is 0 Å². The Morgan fingerprint density at radius 2 is 1.88 bits per heavy atom. The van der Waals surface area contributed by atoms with Crippen molar-refractivity contribution in [2.75, 3.05) is 0 Å². The molecule has 24 heavy (non-hydrogen) atoms. The normalized spacial score (nSPS) is 16.9. The molecule has 1 aliphatic carbocycles. The van der Waals surface area contributed by atoms with Gasteiger partial charge in [0.2, 0.25) is 5.88 Å². The topological polar surface area (TPSA) is 27.1 Å². The highest BCUT2D eigenvalue weighted by Gasteiger charge is 2.28. The Kier molecular flexibility index (Phi) is 5.60. The molecule has 1 aliphatic rings. The number of aryl methyl sites for hydroxylation is 1. The van der Waals surface area contributed by atoms with Crippen molar-refractivity contribution in [1.82, 2.24) is 9.78 Å². The van der Waals surface area contributed by atoms with Crippen molar-refractivity contribution in [3.05, 3.63) is 47.7 Å². The van der Waals surface area contributed by atoms with Crippen LogP contribution in [-0.4, -0.2) is 9.78 Å². The van der Waals surface area contributed by atoms with E-state index in [1.165, 1.54) is 37.7 Å². The van der Waals surface area contributed by atoms with Crippen molar-refractivity contribution < 1.29 is 4.74 Å². The zero-order chi connectivity index (χ0) is 16.8. The molecule has 0 aliphatic heterocycles. The number of ether oxygens (including phenoxy) is 1. The van der Waals surface area contributed by atoms with Gasteiger partial charge in [-0.1, -0.05) is 69.9 Å². The van der Waals surface area contributed by atoms with Gasteiger partial charge in [0.05, 0.1) is 12.2 Å². The molecule has 0 radical (unpaired) electrons. The van der Waals surface area contributed by atoms with Crippen LogP contribution >= 0.6 is 0 Å². The summed E-state index contributed by atoms with van der Waals surface area (Å²) in [5.74, 6) is 0.925. The van der Waals surface area contributed by atoms with E-state index in [-0.39, 0.29) is 0 Å². The molecule has 0 N–H and O–H groups in total. The monoisotopic (exact) mass is 326 g/mol. The van der Waals surface area contributed by atoms with Crippen LogP contribution in [-0.2, 0) is 19.6 Å². The van der Waals surface area contributed by atoms with Crippen LogP contribution in [0.3, 0.4) is 0 Å². The third-order valence-electron chi connectivity index (χ3n) is 5.12. The van der Waals surface area contributed by atoms with E-state index in [0.29, 0.717) is 12.0 Å². The fourth-order valence-electron chi connectivity index (χ4n) is 3.71. The van der Waals surface area contributed by atoms with Gasteiger partial charge in [-0.3, -0.25) is 0 Å². The third-order valence-corrected chi connectivity index (χ3v) is 5.12. The van der Waals surface area contributed by atoms with E-state index in [0.717, 1.165) is 31.0 Å². The van der Waals surface area contributed by atoms with E-state index in [2.05, 4.69) is 48.9 Å². The average molecular weight is 326 g/mol. The molecule has 2 aromatic rings. The van der Waals surface area contributed by atoms with Crippen molar-refractivity contribution in [3.8, 4) is 5.88 Å². The quantitative estimate of drug-likeness (QED) is 0.682. The molecule has 3 heteroatoms. The Morgan fingerprint density at radius 3 is 2.58 bits per heavy atom. The lowest BCUT2D eigenvalue weighted by Gasteiger charge is -2.33. The zero-order valence-corrected chi connectivity index (χ0v) is 15.1. The van der Waals surface area contributed by atoms with Crippen LogP contribution in [0.1, 0.15) is 63.6 Å². The van der Waals surface area contributed by atoms with Gasteiger partial charge in [-0.05, 0) is 30.2 Å². The highest BCUT2D eigenvalue weighted by molar-refractivity contribution is 5.19. The van der Waals surface area contributed by atoms with Gasteiger partial charge in [0, 0.05) is 6.07 Å². The second kappa shape index (κ2) is 7.87. The molecule has 1 aromatic carbocycles. The summed E-state index contributed by atoms with van der Waals surface area (Å²) in [6.07, 6.45) is 8.81. The molecule has 0 unspecified atom stereocenters. The van der Waals surface area contributed by atoms with E-state index in [4.69, 9.17) is 9.84 Å². The highest BCUT2D eigenvalue weighted by atomic mass is 16.5. The fourth-order valence-corrected chi connectivity index (χ4v) is 3.71. The Hall–Kier alpha value is -1.77. The number of hydrogen-bond donors (Lipinski definition) is 0. The molecule has 0 saturated heterocycles. The lowest BCUT2D eigenvalue weighted by Crippen LogP contribution is -2.27. The summed E-state index contributed by atoms with van der Waals surface area (Å²) in [5, 5.41) is 4.84. The summed E-state index contributed by atoms with van der Waals surface area (Å²) < 4.78 is 8.26. The molecular weight excluding hydrogens is 296 g/mol. The van der Waals surface area contributed by atoms with Gasteiger partial charge in [-0.2, -0.15) is 5.10 Å². The van der Waals surface area contributed by atoms with Crippen LogP contribution in [0.15, 0.2) is 36.4 Å². The second-order valence-electron chi connectivity index (χ2n) is 7.53. The minimum absolute atomic E-state index is 0.360. The molecule has 1 aromatic heterocycles. The lowest BCUT2D eigenvalue weighted by molar-refractivity contribution is 0.161. The first kappa shape index (κ1) is 17.1. The second-order valence-corrected chi connectivity index (χ2v) is 7.53. The standard InChI is InChI=1S/C21H30N2O/c1-3-10-19-15-20(24-16-18-11-6-4-7-12-18)23(22-19)17-21(2)13-8-5-9-14-21/h4,6-7,11-12,15H,3,5,8-10,13-14,16-17H2,1-2H3. The zero-order valence-electron chi connectivity index (χ0n) is 15.1. The van der Waals surface area contributed by atoms with E-state index >= 15 is 0 Å². The van der Waals surface area contributed by atoms with E-state index < -0.39 is 0 Å². The first-order valence-corrected chi connectivity index (χ1v) is 9.42. The number of nitrogens with zero attached hydrogens (tertiary/aromatic N) is 2. The molecule has 0 bridgehead atoms. The summed E-state index contributed by atoms with van der Waals surface area (Å²) in [7, 11) is 0. The number of rotatable bonds is 7. The molecule has 3 rings (SSSR count). The maximum atomic E-state index is 6.14. The SMILES string of the molecule is CCCc1cc(OCc2ccccc2)n(CC2(C)CCCCC2)n1. The van der Waals surface area contributed by atoms with Gasteiger partial charge in [0.25, 0.3) is 0 Å². The van der Waals surface area contributed by atoms with Crippen molar-refractivity contribution in [2.45, 2.75) is 71.9 Å². The molecule has 1 saturated carbocycles. The van der Waals surface area contributed by atoms with Crippen LogP contribution in [0, 0.1) is 5.41 Å². The largest absolute Gasteiger partial charge is 0.473 e. The van der Waals surface area contributed by atoms with Gasteiger partial charge in [0.1, 0.15) is 6.61 Å². The molecule has 0 atom stereocenters. The van der Waals surface area contributed by atoms with Crippen LogP contribution in [0.25, 0.3) is 0 Å². The maximum Gasteiger partial charge on any atom is 0.212 e.